The molecule has 2 rings (SSSR count). The molecule has 0 aliphatic rings. The summed E-state index contributed by atoms with van der Waals surface area (Å²) in [6.45, 7) is 5.72. The van der Waals surface area contributed by atoms with Crippen molar-refractivity contribution < 1.29 is 4.74 Å². The fourth-order valence-electron chi connectivity index (χ4n) is 2.40. The lowest BCUT2D eigenvalue weighted by molar-refractivity contribution is 0.405. The van der Waals surface area contributed by atoms with Gasteiger partial charge in [0.05, 0.1) is 12.8 Å². The van der Waals surface area contributed by atoms with E-state index in [0.29, 0.717) is 22.4 Å². The second kappa shape index (κ2) is 8.87. The highest BCUT2D eigenvalue weighted by Gasteiger charge is 2.09. The van der Waals surface area contributed by atoms with E-state index in [9.17, 15) is 0 Å². The molecule has 6 nitrogen and oxygen atoms in total. The molecule has 0 radical (unpaired) electrons. The van der Waals surface area contributed by atoms with Crippen molar-refractivity contribution in [1.82, 2.24) is 14.9 Å². The number of aromatic nitrogens is 2. The Hall–Kier alpha value is -2.05. The van der Waals surface area contributed by atoms with E-state index >= 15 is 0 Å². The maximum absolute atomic E-state index is 6.16. The van der Waals surface area contributed by atoms with Gasteiger partial charge in [0, 0.05) is 23.7 Å². The van der Waals surface area contributed by atoms with Crippen molar-refractivity contribution in [1.29, 1.82) is 0 Å². The number of anilines is 3. The number of halogens is 1. The van der Waals surface area contributed by atoms with Crippen LogP contribution in [0.2, 0.25) is 5.02 Å². The van der Waals surface area contributed by atoms with E-state index in [4.69, 9.17) is 16.3 Å². The second-order valence-corrected chi connectivity index (χ2v) is 6.60. The number of hydrogen-bond donors (Lipinski definition) is 2. The number of ether oxygens (including phenoxy) is 1. The number of benzene rings is 1. The molecule has 7 heteroatoms. The van der Waals surface area contributed by atoms with Gasteiger partial charge in [0.1, 0.15) is 23.2 Å². The van der Waals surface area contributed by atoms with Gasteiger partial charge in [-0.2, -0.15) is 0 Å². The standard InChI is InChI=1S/C18H26ClN5O/c1-12-9-15(16(25-5)10-14(12)19)23-18-11-17(21-13(2)22-18)20-7-6-8-24(3)4/h9-11H,6-8H2,1-5H3,(H2,20,21,22,23). The Morgan fingerprint density at radius 1 is 1.12 bits per heavy atom. The Labute approximate surface area is 154 Å². The molecule has 2 aromatic rings. The Morgan fingerprint density at radius 2 is 1.84 bits per heavy atom. The van der Waals surface area contributed by atoms with Crippen molar-refractivity contribution >= 4 is 28.9 Å². The number of hydrogen-bond acceptors (Lipinski definition) is 6. The van der Waals surface area contributed by atoms with Crippen LogP contribution in [0.25, 0.3) is 0 Å². The number of nitrogens with zero attached hydrogens (tertiary/aromatic N) is 3. The first-order chi connectivity index (χ1) is 11.9. The van der Waals surface area contributed by atoms with Crippen LogP contribution in [0.3, 0.4) is 0 Å². The van der Waals surface area contributed by atoms with Crippen LogP contribution in [0.1, 0.15) is 17.8 Å². The predicted molar refractivity (Wildman–Crippen MR) is 104 cm³/mol. The van der Waals surface area contributed by atoms with Crippen molar-refractivity contribution in [2.24, 2.45) is 0 Å². The molecule has 2 N–H and O–H groups in total. The first-order valence-electron chi connectivity index (χ1n) is 8.24. The van der Waals surface area contributed by atoms with Crippen LogP contribution < -0.4 is 15.4 Å². The lowest BCUT2D eigenvalue weighted by Gasteiger charge is -2.14. The average Bonchev–Trinajstić information content (AvgIpc) is 2.54. The van der Waals surface area contributed by atoms with Crippen molar-refractivity contribution in [3.05, 3.63) is 34.6 Å². The summed E-state index contributed by atoms with van der Waals surface area (Å²) >= 11 is 6.16. The van der Waals surface area contributed by atoms with Crippen LogP contribution in [0.15, 0.2) is 18.2 Å². The van der Waals surface area contributed by atoms with E-state index in [0.717, 1.165) is 36.6 Å². The van der Waals surface area contributed by atoms with E-state index < -0.39 is 0 Å². The molecule has 1 aromatic heterocycles. The highest BCUT2D eigenvalue weighted by molar-refractivity contribution is 6.31. The van der Waals surface area contributed by atoms with Crippen molar-refractivity contribution in [2.45, 2.75) is 20.3 Å². The summed E-state index contributed by atoms with van der Waals surface area (Å²) in [5, 5.41) is 7.32. The monoisotopic (exact) mass is 363 g/mol. The summed E-state index contributed by atoms with van der Waals surface area (Å²) in [6, 6.07) is 5.64. The number of nitrogens with one attached hydrogen (secondary N) is 2. The smallest absolute Gasteiger partial charge is 0.143 e. The molecular weight excluding hydrogens is 338 g/mol. The molecule has 1 heterocycles. The average molecular weight is 364 g/mol. The minimum Gasteiger partial charge on any atom is -0.495 e. The fraction of sp³-hybridized carbons (Fsp3) is 0.444. The minimum absolute atomic E-state index is 0.671. The normalized spacial score (nSPS) is 10.8. The van der Waals surface area contributed by atoms with E-state index in [2.05, 4.69) is 39.6 Å². The third kappa shape index (κ3) is 5.76. The van der Waals surface area contributed by atoms with Crippen molar-refractivity contribution in [3.8, 4) is 5.75 Å². The lowest BCUT2D eigenvalue weighted by Crippen LogP contribution is -2.16. The molecule has 0 bridgehead atoms. The number of aryl methyl sites for hydroxylation is 2. The molecule has 0 aliphatic carbocycles. The van der Waals surface area contributed by atoms with Crippen molar-refractivity contribution in [2.75, 3.05) is 44.9 Å². The molecule has 0 fully saturated rings. The Kier molecular flexibility index (Phi) is 6.84. The molecule has 136 valence electrons. The van der Waals surface area contributed by atoms with Gasteiger partial charge in [-0.1, -0.05) is 11.6 Å². The molecule has 0 spiro atoms. The van der Waals surface area contributed by atoms with Gasteiger partial charge in [0.2, 0.25) is 0 Å². The zero-order valence-electron chi connectivity index (χ0n) is 15.5. The highest BCUT2D eigenvalue weighted by atomic mass is 35.5. The minimum atomic E-state index is 0.671. The molecule has 0 aliphatic heterocycles. The predicted octanol–water partition coefficient (Wildman–Crippen LogP) is 3.86. The molecule has 0 saturated carbocycles. The Bertz CT molecular complexity index is 721. The van der Waals surface area contributed by atoms with Crippen LogP contribution >= 0.6 is 11.6 Å². The quantitative estimate of drug-likeness (QED) is 0.694. The van der Waals surface area contributed by atoms with E-state index in [-0.39, 0.29) is 0 Å². The zero-order valence-corrected chi connectivity index (χ0v) is 16.2. The number of rotatable bonds is 8. The summed E-state index contributed by atoms with van der Waals surface area (Å²) in [6.07, 6.45) is 1.04. The summed E-state index contributed by atoms with van der Waals surface area (Å²) in [5.41, 5.74) is 1.79. The van der Waals surface area contributed by atoms with Gasteiger partial charge in [0.15, 0.2) is 0 Å². The van der Waals surface area contributed by atoms with Crippen LogP contribution in [-0.4, -0.2) is 49.2 Å². The molecule has 25 heavy (non-hydrogen) atoms. The zero-order chi connectivity index (χ0) is 18.4. The first-order valence-corrected chi connectivity index (χ1v) is 8.62. The summed E-state index contributed by atoms with van der Waals surface area (Å²) in [7, 11) is 5.76. The number of methoxy groups -OCH3 is 1. The van der Waals surface area contributed by atoms with Gasteiger partial charge in [-0.15, -0.1) is 0 Å². The van der Waals surface area contributed by atoms with Gasteiger partial charge in [-0.05, 0) is 52.5 Å². The van der Waals surface area contributed by atoms with Crippen LogP contribution in [0.5, 0.6) is 5.75 Å². The van der Waals surface area contributed by atoms with Crippen molar-refractivity contribution in [3.63, 3.8) is 0 Å². The van der Waals surface area contributed by atoms with Gasteiger partial charge in [0.25, 0.3) is 0 Å². The molecule has 0 atom stereocenters. The van der Waals surface area contributed by atoms with E-state index in [1.54, 1.807) is 13.2 Å². The largest absolute Gasteiger partial charge is 0.495 e. The fourth-order valence-corrected chi connectivity index (χ4v) is 2.56. The third-order valence-electron chi connectivity index (χ3n) is 3.67. The van der Waals surface area contributed by atoms with Crippen LogP contribution in [0.4, 0.5) is 17.3 Å². The summed E-state index contributed by atoms with van der Waals surface area (Å²) in [5.74, 6) is 2.89. The van der Waals surface area contributed by atoms with Gasteiger partial charge >= 0.3 is 0 Å². The molecule has 0 saturated heterocycles. The molecule has 0 amide bonds. The third-order valence-corrected chi connectivity index (χ3v) is 4.08. The molecule has 0 unspecified atom stereocenters. The highest BCUT2D eigenvalue weighted by Crippen LogP contribution is 2.32. The van der Waals surface area contributed by atoms with Crippen LogP contribution in [-0.2, 0) is 0 Å². The second-order valence-electron chi connectivity index (χ2n) is 6.20. The summed E-state index contributed by atoms with van der Waals surface area (Å²) < 4.78 is 5.41. The Balaban J connectivity index is 2.13. The van der Waals surface area contributed by atoms with Gasteiger partial charge in [-0.3, -0.25) is 0 Å². The SMILES string of the molecule is COc1cc(Cl)c(C)cc1Nc1cc(NCCCN(C)C)nc(C)n1. The Morgan fingerprint density at radius 3 is 2.52 bits per heavy atom. The topological polar surface area (TPSA) is 62.3 Å². The van der Waals surface area contributed by atoms with Gasteiger partial charge in [-0.25, -0.2) is 9.97 Å². The maximum atomic E-state index is 6.16. The molecular formula is C18H26ClN5O. The lowest BCUT2D eigenvalue weighted by atomic mass is 10.2. The first kappa shape index (κ1) is 19.3. The summed E-state index contributed by atoms with van der Waals surface area (Å²) in [4.78, 5) is 11.1. The maximum Gasteiger partial charge on any atom is 0.143 e. The van der Waals surface area contributed by atoms with E-state index in [1.165, 1.54) is 0 Å². The van der Waals surface area contributed by atoms with Crippen LogP contribution in [0, 0.1) is 13.8 Å². The van der Waals surface area contributed by atoms with Gasteiger partial charge < -0.3 is 20.3 Å². The van der Waals surface area contributed by atoms with E-state index in [1.807, 2.05) is 26.0 Å². The molecule has 1 aromatic carbocycles.